The van der Waals surface area contributed by atoms with Gasteiger partial charge < -0.3 is 15.4 Å². The van der Waals surface area contributed by atoms with Crippen LogP contribution in [-0.4, -0.2) is 20.6 Å². The number of nitrogens with two attached hydrogens (primary N) is 1. The quantitative estimate of drug-likeness (QED) is 0.808. The van der Waals surface area contributed by atoms with E-state index in [1.807, 2.05) is 36.7 Å². The van der Waals surface area contributed by atoms with E-state index in [4.69, 9.17) is 10.8 Å². The standard InChI is InChI=1S/C14H19N3O2/c1-3-9(14(18)19)4-7-13-16-11-8-10(15)5-6-12(11)17(13)2/h5-6,8-9H,3-4,7,15H2,1-2H3,(H,18,19). The molecule has 0 aliphatic carbocycles. The van der Waals surface area contributed by atoms with Crippen LogP contribution in [0.15, 0.2) is 18.2 Å². The predicted molar refractivity (Wildman–Crippen MR) is 74.9 cm³/mol. The lowest BCUT2D eigenvalue weighted by molar-refractivity contribution is -0.142. The Hall–Kier alpha value is -2.04. The van der Waals surface area contributed by atoms with Gasteiger partial charge in [0.2, 0.25) is 0 Å². The summed E-state index contributed by atoms with van der Waals surface area (Å²) < 4.78 is 2.00. The topological polar surface area (TPSA) is 81.1 Å². The highest BCUT2D eigenvalue weighted by molar-refractivity contribution is 5.79. The summed E-state index contributed by atoms with van der Waals surface area (Å²) in [7, 11) is 1.95. The van der Waals surface area contributed by atoms with E-state index >= 15 is 0 Å². The summed E-state index contributed by atoms with van der Waals surface area (Å²) in [5, 5.41) is 9.05. The number of rotatable bonds is 5. The summed E-state index contributed by atoms with van der Waals surface area (Å²) in [6.07, 6.45) is 1.92. The maximum absolute atomic E-state index is 11.0. The van der Waals surface area contributed by atoms with Gasteiger partial charge >= 0.3 is 5.97 Å². The van der Waals surface area contributed by atoms with Crippen molar-refractivity contribution in [3.63, 3.8) is 0 Å². The largest absolute Gasteiger partial charge is 0.481 e. The molecule has 0 bridgehead atoms. The lowest BCUT2D eigenvalue weighted by atomic mass is 10.0. The average Bonchev–Trinajstić information content (AvgIpc) is 2.66. The molecule has 0 aliphatic rings. The first-order valence-electron chi connectivity index (χ1n) is 6.46. The summed E-state index contributed by atoms with van der Waals surface area (Å²) in [6, 6.07) is 5.63. The number of hydrogen-bond acceptors (Lipinski definition) is 3. The van der Waals surface area contributed by atoms with E-state index in [-0.39, 0.29) is 5.92 Å². The molecule has 0 spiro atoms. The van der Waals surface area contributed by atoms with Crippen LogP contribution < -0.4 is 5.73 Å². The Balaban J connectivity index is 2.21. The number of fused-ring (bicyclic) bond motifs is 1. The number of nitrogens with zero attached hydrogens (tertiary/aromatic N) is 2. The average molecular weight is 261 g/mol. The van der Waals surface area contributed by atoms with Gasteiger partial charge in [0, 0.05) is 19.2 Å². The minimum absolute atomic E-state index is 0.301. The third-order valence-corrected chi connectivity index (χ3v) is 3.56. The van der Waals surface area contributed by atoms with Gasteiger partial charge in [-0.3, -0.25) is 4.79 Å². The van der Waals surface area contributed by atoms with E-state index in [1.54, 1.807) is 0 Å². The third-order valence-electron chi connectivity index (χ3n) is 3.56. The number of carbonyl (C=O) groups is 1. The maximum atomic E-state index is 11.0. The molecule has 0 fully saturated rings. The second-order valence-corrected chi connectivity index (χ2v) is 4.82. The van der Waals surface area contributed by atoms with Crippen LogP contribution in [0.2, 0.25) is 0 Å². The molecule has 1 unspecified atom stereocenters. The fourth-order valence-corrected chi connectivity index (χ4v) is 2.30. The van der Waals surface area contributed by atoms with Gasteiger partial charge in [-0.1, -0.05) is 6.92 Å². The van der Waals surface area contributed by atoms with Gasteiger partial charge in [0.25, 0.3) is 0 Å². The van der Waals surface area contributed by atoms with Crippen molar-refractivity contribution in [1.29, 1.82) is 0 Å². The molecule has 2 aromatic rings. The number of hydrogen-bond donors (Lipinski definition) is 2. The Morgan fingerprint density at radius 2 is 2.26 bits per heavy atom. The second-order valence-electron chi connectivity index (χ2n) is 4.82. The van der Waals surface area contributed by atoms with Gasteiger partial charge in [-0.05, 0) is 31.0 Å². The number of aryl methyl sites for hydroxylation is 2. The zero-order valence-corrected chi connectivity index (χ0v) is 11.3. The first-order chi connectivity index (χ1) is 9.02. The molecule has 1 aromatic heterocycles. The smallest absolute Gasteiger partial charge is 0.306 e. The van der Waals surface area contributed by atoms with E-state index in [0.717, 1.165) is 16.9 Å². The van der Waals surface area contributed by atoms with Gasteiger partial charge in [0.1, 0.15) is 5.82 Å². The molecule has 5 heteroatoms. The lowest BCUT2D eigenvalue weighted by Gasteiger charge is -2.09. The molecular formula is C14H19N3O2. The summed E-state index contributed by atoms with van der Waals surface area (Å²) >= 11 is 0. The number of imidazole rings is 1. The maximum Gasteiger partial charge on any atom is 0.306 e. The minimum atomic E-state index is -0.731. The van der Waals surface area contributed by atoms with Gasteiger partial charge in [-0.2, -0.15) is 0 Å². The molecule has 0 saturated carbocycles. The Kier molecular flexibility index (Phi) is 3.74. The number of carboxylic acids is 1. The van der Waals surface area contributed by atoms with E-state index in [0.29, 0.717) is 24.9 Å². The van der Waals surface area contributed by atoms with Crippen molar-refractivity contribution in [1.82, 2.24) is 9.55 Å². The van der Waals surface area contributed by atoms with E-state index in [2.05, 4.69) is 4.98 Å². The summed E-state index contributed by atoms with van der Waals surface area (Å²) in [6.45, 7) is 1.90. The molecule has 1 atom stereocenters. The van der Waals surface area contributed by atoms with Gasteiger partial charge in [0.05, 0.1) is 17.0 Å². The molecule has 2 rings (SSSR count). The van der Waals surface area contributed by atoms with Crippen LogP contribution in [-0.2, 0) is 18.3 Å². The molecule has 0 amide bonds. The Morgan fingerprint density at radius 1 is 1.53 bits per heavy atom. The molecule has 3 N–H and O–H groups in total. The summed E-state index contributed by atoms with van der Waals surface area (Å²) in [5.74, 6) is -0.129. The number of carboxylic acid groups (broad SMARTS) is 1. The van der Waals surface area contributed by atoms with Crippen LogP contribution in [0.25, 0.3) is 11.0 Å². The van der Waals surface area contributed by atoms with Crippen molar-refractivity contribution < 1.29 is 9.90 Å². The zero-order valence-electron chi connectivity index (χ0n) is 11.3. The SMILES string of the molecule is CCC(CCc1nc2cc(N)ccc2n1C)C(=O)O. The van der Waals surface area contributed by atoms with E-state index < -0.39 is 5.97 Å². The van der Waals surface area contributed by atoms with Crippen molar-refractivity contribution in [2.45, 2.75) is 26.2 Å². The lowest BCUT2D eigenvalue weighted by Crippen LogP contribution is -2.14. The Morgan fingerprint density at radius 3 is 2.89 bits per heavy atom. The normalized spacial score (nSPS) is 12.7. The third kappa shape index (κ3) is 2.70. The van der Waals surface area contributed by atoms with Crippen LogP contribution in [0.5, 0.6) is 0 Å². The number of nitrogen functional groups attached to an aromatic ring is 1. The fraction of sp³-hybridized carbons (Fsp3) is 0.429. The molecule has 1 heterocycles. The van der Waals surface area contributed by atoms with Crippen LogP contribution in [0.3, 0.4) is 0 Å². The number of aromatic nitrogens is 2. The summed E-state index contributed by atoms with van der Waals surface area (Å²) in [5.41, 5.74) is 8.31. The minimum Gasteiger partial charge on any atom is -0.481 e. The van der Waals surface area contributed by atoms with Crippen LogP contribution in [0, 0.1) is 5.92 Å². The second kappa shape index (κ2) is 5.30. The van der Waals surface area contributed by atoms with Gasteiger partial charge in [0.15, 0.2) is 0 Å². The van der Waals surface area contributed by atoms with Crippen LogP contribution in [0.4, 0.5) is 5.69 Å². The van der Waals surface area contributed by atoms with Crippen LogP contribution >= 0.6 is 0 Å². The number of benzene rings is 1. The highest BCUT2D eigenvalue weighted by atomic mass is 16.4. The molecular weight excluding hydrogens is 242 g/mol. The number of aliphatic carboxylic acids is 1. The van der Waals surface area contributed by atoms with E-state index in [1.165, 1.54) is 0 Å². The molecule has 5 nitrogen and oxygen atoms in total. The fourth-order valence-electron chi connectivity index (χ4n) is 2.30. The van der Waals surface area contributed by atoms with Crippen LogP contribution in [0.1, 0.15) is 25.6 Å². The highest BCUT2D eigenvalue weighted by Gasteiger charge is 2.16. The Bertz CT molecular complexity index is 604. The molecule has 1 aromatic carbocycles. The first-order valence-corrected chi connectivity index (χ1v) is 6.46. The van der Waals surface area contributed by atoms with Gasteiger partial charge in [-0.15, -0.1) is 0 Å². The highest BCUT2D eigenvalue weighted by Crippen LogP contribution is 2.20. The van der Waals surface area contributed by atoms with Crippen molar-refractivity contribution in [2.75, 3.05) is 5.73 Å². The molecule has 0 radical (unpaired) electrons. The van der Waals surface area contributed by atoms with E-state index in [9.17, 15) is 4.79 Å². The molecule has 102 valence electrons. The first kappa shape index (κ1) is 13.4. The van der Waals surface area contributed by atoms with Crippen molar-refractivity contribution in [2.24, 2.45) is 13.0 Å². The number of anilines is 1. The molecule has 0 aliphatic heterocycles. The summed E-state index contributed by atoms with van der Waals surface area (Å²) in [4.78, 5) is 15.5. The van der Waals surface area contributed by atoms with Crippen molar-refractivity contribution in [3.8, 4) is 0 Å². The monoisotopic (exact) mass is 261 g/mol. The van der Waals surface area contributed by atoms with Crippen molar-refractivity contribution >= 4 is 22.7 Å². The van der Waals surface area contributed by atoms with Gasteiger partial charge in [-0.25, -0.2) is 4.98 Å². The predicted octanol–water partition coefficient (Wildman–Crippen LogP) is 2.20. The van der Waals surface area contributed by atoms with Crippen molar-refractivity contribution in [3.05, 3.63) is 24.0 Å². The Labute approximate surface area is 112 Å². The zero-order chi connectivity index (χ0) is 14.0. The molecule has 0 saturated heterocycles. The molecule has 19 heavy (non-hydrogen) atoms.